The van der Waals surface area contributed by atoms with Crippen molar-refractivity contribution in [3.8, 4) is 0 Å². The molecule has 6 heteroatoms. The Kier molecular flexibility index (Phi) is 4.82. The predicted octanol–water partition coefficient (Wildman–Crippen LogP) is 2.75. The van der Waals surface area contributed by atoms with Gasteiger partial charge in [-0.1, -0.05) is 0 Å². The maximum Gasteiger partial charge on any atom is 0.0530 e. The van der Waals surface area contributed by atoms with Crippen LogP contribution >= 0.6 is 31.9 Å². The first kappa shape index (κ1) is 13.6. The number of hydrogen-bond donors (Lipinski definition) is 2. The topological polar surface area (TPSA) is 63.8 Å². The van der Waals surface area contributed by atoms with E-state index in [1.807, 2.05) is 18.2 Å². The molecule has 0 fully saturated rings. The van der Waals surface area contributed by atoms with Crippen LogP contribution in [0.4, 0.5) is 0 Å². The maximum absolute atomic E-state index is 5.60. The van der Waals surface area contributed by atoms with Gasteiger partial charge in [-0.3, -0.25) is 21.2 Å². The summed E-state index contributed by atoms with van der Waals surface area (Å²) < 4.78 is 1.90. The molecule has 3 N–H and O–H groups in total. The molecule has 1 unspecified atom stereocenters. The normalized spacial score (nSPS) is 12.4. The van der Waals surface area contributed by atoms with Gasteiger partial charge >= 0.3 is 0 Å². The first-order valence-electron chi connectivity index (χ1n) is 5.36. The third-order valence-electron chi connectivity index (χ3n) is 2.53. The summed E-state index contributed by atoms with van der Waals surface area (Å²) in [6, 6.07) is 5.93. The van der Waals surface area contributed by atoms with Gasteiger partial charge < -0.3 is 0 Å². The van der Waals surface area contributed by atoms with Crippen molar-refractivity contribution in [2.45, 2.75) is 12.5 Å². The molecular weight excluding hydrogens is 360 g/mol. The second-order valence-electron chi connectivity index (χ2n) is 3.83. The third kappa shape index (κ3) is 3.58. The van der Waals surface area contributed by atoms with Crippen LogP contribution in [0.3, 0.4) is 0 Å². The Balaban J connectivity index is 2.17. The van der Waals surface area contributed by atoms with Crippen LogP contribution < -0.4 is 11.3 Å². The maximum atomic E-state index is 5.60. The lowest BCUT2D eigenvalue weighted by Crippen LogP contribution is -2.29. The van der Waals surface area contributed by atoms with Crippen molar-refractivity contribution < 1.29 is 0 Å². The Morgan fingerprint density at radius 1 is 1.17 bits per heavy atom. The number of nitrogens with one attached hydrogen (secondary N) is 1. The van der Waals surface area contributed by atoms with Gasteiger partial charge in [0.15, 0.2) is 0 Å². The Morgan fingerprint density at radius 2 is 2.00 bits per heavy atom. The SMILES string of the molecule is NNC(Cc1ccc(Br)cn1)c1cncc(Br)c1. The highest BCUT2D eigenvalue weighted by atomic mass is 79.9. The number of hydrazine groups is 1. The summed E-state index contributed by atoms with van der Waals surface area (Å²) in [5.41, 5.74) is 4.79. The molecule has 18 heavy (non-hydrogen) atoms. The van der Waals surface area contributed by atoms with Crippen LogP contribution in [0.15, 0.2) is 45.7 Å². The molecule has 0 bridgehead atoms. The number of aromatic nitrogens is 2. The molecule has 94 valence electrons. The van der Waals surface area contributed by atoms with Crippen LogP contribution in [-0.4, -0.2) is 9.97 Å². The van der Waals surface area contributed by atoms with E-state index >= 15 is 0 Å². The monoisotopic (exact) mass is 370 g/mol. The number of nitrogens with two attached hydrogens (primary N) is 1. The fourth-order valence-electron chi connectivity index (χ4n) is 1.63. The van der Waals surface area contributed by atoms with E-state index in [0.717, 1.165) is 20.2 Å². The summed E-state index contributed by atoms with van der Waals surface area (Å²) >= 11 is 6.77. The smallest absolute Gasteiger partial charge is 0.0530 e. The van der Waals surface area contributed by atoms with Gasteiger partial charge in [-0.25, -0.2) is 0 Å². The first-order valence-corrected chi connectivity index (χ1v) is 6.94. The zero-order chi connectivity index (χ0) is 13.0. The Bertz CT molecular complexity index is 516. The average Bonchev–Trinajstić information content (AvgIpc) is 2.38. The molecule has 0 aromatic carbocycles. The van der Waals surface area contributed by atoms with Crippen molar-refractivity contribution >= 4 is 31.9 Å². The minimum Gasteiger partial charge on any atom is -0.271 e. The van der Waals surface area contributed by atoms with E-state index in [9.17, 15) is 0 Å². The molecule has 0 aliphatic rings. The standard InChI is InChI=1S/C12H12Br2N4/c13-9-1-2-11(17-7-9)4-12(18-15)8-3-10(14)6-16-5-8/h1-3,5-7,12,18H,4,15H2. The van der Waals surface area contributed by atoms with Gasteiger partial charge in [0.25, 0.3) is 0 Å². The van der Waals surface area contributed by atoms with Crippen LogP contribution in [0.2, 0.25) is 0 Å². The van der Waals surface area contributed by atoms with Crippen molar-refractivity contribution in [1.82, 2.24) is 15.4 Å². The first-order chi connectivity index (χ1) is 8.69. The molecular formula is C12H12Br2N4. The Labute approximate surface area is 122 Å². The van der Waals surface area contributed by atoms with Gasteiger partial charge in [-0.15, -0.1) is 0 Å². The number of rotatable bonds is 4. The Morgan fingerprint density at radius 3 is 2.61 bits per heavy atom. The third-order valence-corrected chi connectivity index (χ3v) is 3.43. The highest BCUT2D eigenvalue weighted by Gasteiger charge is 2.12. The van der Waals surface area contributed by atoms with E-state index in [1.54, 1.807) is 18.6 Å². The lowest BCUT2D eigenvalue weighted by Gasteiger charge is -2.15. The molecule has 2 heterocycles. The highest BCUT2D eigenvalue weighted by Crippen LogP contribution is 2.20. The molecule has 2 rings (SSSR count). The summed E-state index contributed by atoms with van der Waals surface area (Å²) in [7, 11) is 0. The fraction of sp³-hybridized carbons (Fsp3) is 0.167. The molecule has 0 radical (unpaired) electrons. The molecule has 0 aliphatic heterocycles. The summed E-state index contributed by atoms with van der Waals surface area (Å²) in [6.45, 7) is 0. The number of nitrogens with zero attached hydrogens (tertiary/aromatic N) is 2. The molecule has 0 aliphatic carbocycles. The highest BCUT2D eigenvalue weighted by molar-refractivity contribution is 9.10. The molecule has 0 spiro atoms. The van der Waals surface area contributed by atoms with Gasteiger partial charge in [0.1, 0.15) is 0 Å². The lowest BCUT2D eigenvalue weighted by atomic mass is 10.0. The van der Waals surface area contributed by atoms with E-state index < -0.39 is 0 Å². The lowest BCUT2D eigenvalue weighted by molar-refractivity contribution is 0.544. The zero-order valence-electron chi connectivity index (χ0n) is 9.48. The van der Waals surface area contributed by atoms with E-state index in [0.29, 0.717) is 6.42 Å². The number of halogens is 2. The number of hydrogen-bond acceptors (Lipinski definition) is 4. The van der Waals surface area contributed by atoms with Gasteiger partial charge in [0.2, 0.25) is 0 Å². The van der Waals surface area contributed by atoms with Crippen LogP contribution in [-0.2, 0) is 6.42 Å². The van der Waals surface area contributed by atoms with Crippen LogP contribution in [0.25, 0.3) is 0 Å². The Hall–Kier alpha value is -0.820. The van der Waals surface area contributed by atoms with Gasteiger partial charge in [0.05, 0.1) is 6.04 Å². The largest absolute Gasteiger partial charge is 0.271 e. The van der Waals surface area contributed by atoms with Gasteiger partial charge in [-0.05, 0) is 55.6 Å². The van der Waals surface area contributed by atoms with E-state index in [4.69, 9.17) is 5.84 Å². The minimum absolute atomic E-state index is 0.0105. The average molecular weight is 372 g/mol. The quantitative estimate of drug-likeness (QED) is 0.640. The number of pyridine rings is 2. The molecule has 0 saturated heterocycles. The van der Waals surface area contributed by atoms with E-state index in [-0.39, 0.29) is 6.04 Å². The van der Waals surface area contributed by atoms with Crippen molar-refractivity contribution in [2.75, 3.05) is 0 Å². The molecule has 1 atom stereocenters. The zero-order valence-corrected chi connectivity index (χ0v) is 12.6. The summed E-state index contributed by atoms with van der Waals surface area (Å²) in [4.78, 5) is 8.48. The fourth-order valence-corrected chi connectivity index (χ4v) is 2.25. The van der Waals surface area contributed by atoms with Crippen molar-refractivity contribution in [2.24, 2.45) is 5.84 Å². The summed E-state index contributed by atoms with van der Waals surface area (Å²) in [5, 5.41) is 0. The molecule has 4 nitrogen and oxygen atoms in total. The van der Waals surface area contributed by atoms with Crippen LogP contribution in [0.5, 0.6) is 0 Å². The van der Waals surface area contributed by atoms with Crippen molar-refractivity contribution in [3.05, 3.63) is 57.0 Å². The van der Waals surface area contributed by atoms with E-state index in [2.05, 4.69) is 47.3 Å². The second-order valence-corrected chi connectivity index (χ2v) is 5.66. The van der Waals surface area contributed by atoms with Crippen molar-refractivity contribution in [3.63, 3.8) is 0 Å². The van der Waals surface area contributed by atoms with Crippen LogP contribution in [0, 0.1) is 0 Å². The second kappa shape index (κ2) is 6.38. The van der Waals surface area contributed by atoms with Gasteiger partial charge in [0, 0.05) is 39.7 Å². The van der Waals surface area contributed by atoms with Crippen molar-refractivity contribution in [1.29, 1.82) is 0 Å². The predicted molar refractivity (Wildman–Crippen MR) is 77.6 cm³/mol. The van der Waals surface area contributed by atoms with Crippen LogP contribution in [0.1, 0.15) is 17.3 Å². The summed E-state index contributed by atoms with van der Waals surface area (Å²) in [6.07, 6.45) is 6.03. The molecule has 2 aromatic rings. The minimum atomic E-state index is -0.0105. The molecule has 0 saturated carbocycles. The molecule has 0 amide bonds. The van der Waals surface area contributed by atoms with Gasteiger partial charge in [-0.2, -0.15) is 0 Å². The molecule has 2 aromatic heterocycles. The van der Waals surface area contributed by atoms with E-state index in [1.165, 1.54) is 0 Å². The summed E-state index contributed by atoms with van der Waals surface area (Å²) in [5.74, 6) is 5.60.